The lowest BCUT2D eigenvalue weighted by atomic mass is 9.78. The summed E-state index contributed by atoms with van der Waals surface area (Å²) in [6.45, 7) is 8.37. The highest BCUT2D eigenvalue weighted by Gasteiger charge is 2.27. The molecule has 0 heterocycles. The molecule has 2 aromatic carbocycles. The third kappa shape index (κ3) is 6.06. The molecule has 0 aliphatic carbocycles. The molecule has 2 unspecified atom stereocenters. The Labute approximate surface area is 192 Å². The summed E-state index contributed by atoms with van der Waals surface area (Å²) in [7, 11) is 0. The maximum absolute atomic E-state index is 6.44. The van der Waals surface area contributed by atoms with E-state index in [4.69, 9.17) is 67.3 Å². The minimum Gasteiger partial charge on any atom is -0.489 e. The van der Waals surface area contributed by atoms with Crippen molar-refractivity contribution < 1.29 is 9.47 Å². The Hall–Kier alpha value is -0.880. The fraction of sp³-hybridized carbons (Fsp3) is 0.429. The lowest BCUT2D eigenvalue weighted by molar-refractivity contribution is 0.296. The van der Waals surface area contributed by atoms with Gasteiger partial charge in [0.15, 0.2) is 11.5 Å². The molecule has 0 aliphatic rings. The summed E-state index contributed by atoms with van der Waals surface area (Å²) < 4.78 is 11.3. The summed E-state index contributed by atoms with van der Waals surface area (Å²) in [6, 6.07) is 7.04. The van der Waals surface area contributed by atoms with Crippen molar-refractivity contribution in [3.05, 3.63) is 55.5 Å². The normalized spacial score (nSPS) is 13.9. The summed E-state index contributed by atoms with van der Waals surface area (Å²) in [5.74, 6) is 0.835. The Morgan fingerprint density at radius 2 is 1.00 bits per heavy atom. The number of benzene rings is 2. The van der Waals surface area contributed by atoms with Crippen LogP contribution in [0.15, 0.2) is 24.3 Å². The third-order valence-corrected chi connectivity index (χ3v) is 5.54. The van der Waals surface area contributed by atoms with Gasteiger partial charge in [-0.25, -0.2) is 0 Å². The number of nitrogens with two attached hydrogens (primary N) is 2. The molecule has 29 heavy (non-hydrogen) atoms. The van der Waals surface area contributed by atoms with E-state index in [-0.39, 0.29) is 12.1 Å². The van der Waals surface area contributed by atoms with Gasteiger partial charge >= 0.3 is 0 Å². The van der Waals surface area contributed by atoms with Crippen LogP contribution in [0.4, 0.5) is 0 Å². The second-order valence-corrected chi connectivity index (χ2v) is 9.37. The fourth-order valence-corrected chi connectivity index (χ4v) is 3.91. The van der Waals surface area contributed by atoms with E-state index in [1.807, 2.05) is 52.0 Å². The highest BCUT2D eigenvalue weighted by Crippen LogP contribution is 2.43. The smallest absolute Gasteiger partial charge is 0.156 e. The van der Waals surface area contributed by atoms with Gasteiger partial charge in [-0.2, -0.15) is 0 Å². The zero-order valence-electron chi connectivity index (χ0n) is 16.9. The summed E-state index contributed by atoms with van der Waals surface area (Å²) >= 11 is 25.7. The van der Waals surface area contributed by atoms with E-state index in [0.29, 0.717) is 44.8 Å². The van der Waals surface area contributed by atoms with Crippen molar-refractivity contribution in [2.75, 3.05) is 13.2 Å². The standard InChI is InChI=1S/C21H26Cl4N2O2/c1-11(26)9-28-19-15(22)5-13(6-16(19)23)21(3,4)14-7-17(24)20(18(25)8-14)29-10-12(2)27/h5-8,11-12H,9-10,26-27H2,1-4H3. The first kappa shape index (κ1) is 24.4. The monoisotopic (exact) mass is 478 g/mol. The first-order valence-electron chi connectivity index (χ1n) is 9.19. The van der Waals surface area contributed by atoms with Gasteiger partial charge in [-0.15, -0.1) is 0 Å². The highest BCUT2D eigenvalue weighted by molar-refractivity contribution is 6.38. The second kappa shape index (κ2) is 9.95. The molecule has 160 valence electrons. The van der Waals surface area contributed by atoms with E-state index in [1.165, 1.54) is 0 Å². The molecular weight excluding hydrogens is 454 g/mol. The Morgan fingerprint density at radius 1 is 0.724 bits per heavy atom. The van der Waals surface area contributed by atoms with Crippen LogP contribution in [-0.2, 0) is 5.41 Å². The van der Waals surface area contributed by atoms with Crippen LogP contribution in [0.3, 0.4) is 0 Å². The molecule has 4 nitrogen and oxygen atoms in total. The molecule has 0 radical (unpaired) electrons. The molecule has 2 aromatic rings. The van der Waals surface area contributed by atoms with E-state index in [1.54, 1.807) is 0 Å². The van der Waals surface area contributed by atoms with Crippen LogP contribution in [0.1, 0.15) is 38.8 Å². The van der Waals surface area contributed by atoms with E-state index in [0.717, 1.165) is 11.1 Å². The molecule has 2 atom stereocenters. The molecule has 0 spiro atoms. The predicted molar refractivity (Wildman–Crippen MR) is 123 cm³/mol. The summed E-state index contributed by atoms with van der Waals surface area (Å²) in [5, 5.41) is 1.65. The topological polar surface area (TPSA) is 70.5 Å². The summed E-state index contributed by atoms with van der Waals surface area (Å²) in [6.07, 6.45) is 0. The van der Waals surface area contributed by atoms with Crippen molar-refractivity contribution in [2.24, 2.45) is 11.5 Å². The zero-order valence-corrected chi connectivity index (χ0v) is 19.9. The maximum Gasteiger partial charge on any atom is 0.156 e. The lowest BCUT2D eigenvalue weighted by Gasteiger charge is -2.28. The van der Waals surface area contributed by atoms with Crippen molar-refractivity contribution in [2.45, 2.75) is 45.2 Å². The molecule has 8 heteroatoms. The van der Waals surface area contributed by atoms with Crippen LogP contribution in [0.25, 0.3) is 0 Å². The second-order valence-electron chi connectivity index (χ2n) is 7.74. The molecule has 4 N–H and O–H groups in total. The van der Waals surface area contributed by atoms with Gasteiger partial charge in [-0.1, -0.05) is 60.3 Å². The third-order valence-electron chi connectivity index (χ3n) is 4.42. The Bertz CT molecular complexity index is 754. The van der Waals surface area contributed by atoms with Gasteiger partial charge in [-0.3, -0.25) is 0 Å². The summed E-state index contributed by atoms with van der Waals surface area (Å²) in [4.78, 5) is 0. The van der Waals surface area contributed by atoms with E-state index >= 15 is 0 Å². The minimum absolute atomic E-state index is 0.134. The van der Waals surface area contributed by atoms with Crippen molar-refractivity contribution in [3.8, 4) is 11.5 Å². The van der Waals surface area contributed by atoms with E-state index in [2.05, 4.69) is 0 Å². The van der Waals surface area contributed by atoms with Gasteiger partial charge in [-0.05, 0) is 49.2 Å². The first-order valence-corrected chi connectivity index (χ1v) is 10.7. The Morgan fingerprint density at radius 3 is 1.24 bits per heavy atom. The van der Waals surface area contributed by atoms with Crippen LogP contribution >= 0.6 is 46.4 Å². The van der Waals surface area contributed by atoms with Crippen LogP contribution in [-0.4, -0.2) is 25.3 Å². The van der Waals surface area contributed by atoms with Crippen LogP contribution < -0.4 is 20.9 Å². The molecule has 0 fully saturated rings. The molecule has 0 aliphatic heterocycles. The number of halogens is 4. The van der Waals surface area contributed by atoms with Crippen LogP contribution in [0.5, 0.6) is 11.5 Å². The van der Waals surface area contributed by atoms with Gasteiger partial charge in [0, 0.05) is 17.5 Å². The van der Waals surface area contributed by atoms with Crippen molar-refractivity contribution in [1.29, 1.82) is 0 Å². The number of ether oxygens (including phenoxy) is 2. The van der Waals surface area contributed by atoms with Crippen LogP contribution in [0.2, 0.25) is 20.1 Å². The molecule has 2 rings (SSSR count). The average Bonchev–Trinajstić information content (AvgIpc) is 2.59. The molecule has 0 amide bonds. The lowest BCUT2D eigenvalue weighted by Crippen LogP contribution is -2.24. The van der Waals surface area contributed by atoms with Gasteiger partial charge < -0.3 is 20.9 Å². The Kier molecular flexibility index (Phi) is 8.37. The molecular formula is C21H26Cl4N2O2. The largest absolute Gasteiger partial charge is 0.489 e. The quantitative estimate of drug-likeness (QED) is 0.481. The number of rotatable bonds is 8. The van der Waals surface area contributed by atoms with Crippen LogP contribution in [0, 0.1) is 0 Å². The van der Waals surface area contributed by atoms with Gasteiger partial charge in [0.2, 0.25) is 0 Å². The molecule has 0 aromatic heterocycles. The summed E-state index contributed by atoms with van der Waals surface area (Å²) in [5.41, 5.74) is 12.8. The minimum atomic E-state index is -0.486. The average molecular weight is 480 g/mol. The first-order chi connectivity index (χ1) is 13.4. The maximum atomic E-state index is 6.44. The van der Waals surface area contributed by atoms with Gasteiger partial charge in [0.1, 0.15) is 13.2 Å². The van der Waals surface area contributed by atoms with Crippen molar-refractivity contribution in [1.82, 2.24) is 0 Å². The molecule has 0 saturated heterocycles. The Balaban J connectivity index is 2.39. The van der Waals surface area contributed by atoms with E-state index < -0.39 is 5.41 Å². The van der Waals surface area contributed by atoms with E-state index in [9.17, 15) is 0 Å². The van der Waals surface area contributed by atoms with Gasteiger partial charge in [0.25, 0.3) is 0 Å². The zero-order chi connectivity index (χ0) is 21.9. The highest BCUT2D eigenvalue weighted by atomic mass is 35.5. The molecule has 0 bridgehead atoms. The van der Waals surface area contributed by atoms with Gasteiger partial charge in [0.05, 0.1) is 20.1 Å². The van der Waals surface area contributed by atoms with Crippen molar-refractivity contribution in [3.63, 3.8) is 0 Å². The molecule has 0 saturated carbocycles. The SMILES string of the molecule is CC(N)COc1c(Cl)cc(C(C)(C)c2cc(Cl)c(OCC(C)N)c(Cl)c2)cc1Cl. The number of hydrogen-bond donors (Lipinski definition) is 2. The number of hydrogen-bond acceptors (Lipinski definition) is 4. The predicted octanol–water partition coefficient (Wildman–Crippen LogP) is 6.08. The fourth-order valence-electron chi connectivity index (χ4n) is 2.71. The van der Waals surface area contributed by atoms with Crippen molar-refractivity contribution >= 4 is 46.4 Å².